The van der Waals surface area contributed by atoms with Gasteiger partial charge in [-0.2, -0.15) is 0 Å². The molecular weight excluding hydrogens is 616 g/mol. The largest absolute Gasteiger partial charge is 0.477 e. The van der Waals surface area contributed by atoms with Crippen molar-refractivity contribution in [2.24, 2.45) is 0 Å². The number of halogens is 2. The highest BCUT2D eigenvalue weighted by atomic mass is 35.5. The zero-order chi connectivity index (χ0) is 26.7. The summed E-state index contributed by atoms with van der Waals surface area (Å²) in [7, 11) is 0. The van der Waals surface area contributed by atoms with Gasteiger partial charge in [-0.3, -0.25) is 14.5 Å². The summed E-state index contributed by atoms with van der Waals surface area (Å²) in [5.74, 6) is -1.47. The zero-order valence-corrected chi connectivity index (χ0v) is 25.0. The van der Waals surface area contributed by atoms with Crippen molar-refractivity contribution >= 4 is 99.8 Å². The molecule has 2 aliphatic heterocycles. The number of carbonyl (C=O) groups excluding carboxylic acids is 2. The van der Waals surface area contributed by atoms with Crippen molar-refractivity contribution < 1.29 is 19.5 Å². The molecule has 2 N–H and O–H groups in total. The molecule has 0 radical (unpaired) electrons. The summed E-state index contributed by atoms with van der Waals surface area (Å²) in [4.78, 5) is 48.9. The fourth-order valence-corrected chi connectivity index (χ4v) is 9.02. The van der Waals surface area contributed by atoms with Gasteiger partial charge in [0.25, 0.3) is 5.91 Å². The van der Waals surface area contributed by atoms with Gasteiger partial charge < -0.3 is 10.4 Å². The number of fused-ring (bicyclic) bond motifs is 1. The van der Waals surface area contributed by atoms with E-state index in [0.717, 1.165) is 10.7 Å². The molecular formula is C22H20Cl2N4O4S5. The van der Waals surface area contributed by atoms with Crippen molar-refractivity contribution in [3.63, 3.8) is 0 Å². The maximum atomic E-state index is 12.9. The number of thioether (sulfide) groups is 5. The number of aryl methyl sites for hydroxylation is 1. The Balaban J connectivity index is 1.36. The van der Waals surface area contributed by atoms with E-state index in [1.54, 1.807) is 18.2 Å². The van der Waals surface area contributed by atoms with Gasteiger partial charge >= 0.3 is 5.97 Å². The molecule has 4 rings (SSSR count). The molecule has 15 heteroatoms. The van der Waals surface area contributed by atoms with Crippen molar-refractivity contribution in [3.05, 3.63) is 50.6 Å². The van der Waals surface area contributed by atoms with E-state index in [9.17, 15) is 19.5 Å². The van der Waals surface area contributed by atoms with E-state index in [-0.39, 0.29) is 17.4 Å². The average Bonchev–Trinajstić information content (AvgIpc) is 2.86. The van der Waals surface area contributed by atoms with E-state index < -0.39 is 23.3 Å². The van der Waals surface area contributed by atoms with Crippen LogP contribution < -0.4 is 5.32 Å². The number of β-lactam (4-membered cyclic amide) rings is 1. The summed E-state index contributed by atoms with van der Waals surface area (Å²) >= 11 is 19.1. The highest BCUT2D eigenvalue weighted by Gasteiger charge is 2.54. The quantitative estimate of drug-likeness (QED) is 0.120. The maximum Gasteiger partial charge on any atom is 0.353 e. The number of carboxylic acid groups (broad SMARTS) is 1. The van der Waals surface area contributed by atoms with Gasteiger partial charge in [0, 0.05) is 31.4 Å². The Morgan fingerprint density at radius 1 is 1.22 bits per heavy atom. The predicted molar refractivity (Wildman–Crippen MR) is 154 cm³/mol. The molecule has 2 unspecified atom stereocenters. The number of nitrogens with zero attached hydrogens (tertiary/aromatic N) is 3. The van der Waals surface area contributed by atoms with Gasteiger partial charge in [0.1, 0.15) is 22.1 Å². The number of amides is 2. The Morgan fingerprint density at radius 2 is 2.00 bits per heavy atom. The summed E-state index contributed by atoms with van der Waals surface area (Å²) in [6, 6.07) is 6.09. The lowest BCUT2D eigenvalue weighted by Crippen LogP contribution is -2.70. The lowest BCUT2D eigenvalue weighted by Gasteiger charge is -2.49. The first-order chi connectivity index (χ1) is 17.7. The summed E-state index contributed by atoms with van der Waals surface area (Å²) in [6.07, 6.45) is 1.91. The average molecular weight is 636 g/mol. The van der Waals surface area contributed by atoms with Crippen LogP contribution in [0.1, 0.15) is 5.69 Å². The van der Waals surface area contributed by atoms with Crippen LogP contribution in [-0.2, 0) is 14.4 Å². The lowest BCUT2D eigenvalue weighted by atomic mass is 10.1. The SMILES string of the molecule is CSc1nc(C)cc(SCSC2=C(C(=O)O)N3C(=O)C(NC(=O)CSc4cc(Cl)ccc4Cl)C3SC2)n1. The van der Waals surface area contributed by atoms with Gasteiger partial charge in [-0.05, 0) is 37.4 Å². The number of carboxylic acids is 1. The van der Waals surface area contributed by atoms with Crippen LogP contribution in [0.5, 0.6) is 0 Å². The van der Waals surface area contributed by atoms with Gasteiger partial charge in [0.05, 0.1) is 10.8 Å². The van der Waals surface area contributed by atoms with E-state index in [0.29, 0.717) is 35.8 Å². The van der Waals surface area contributed by atoms with Gasteiger partial charge in [0.2, 0.25) is 5.91 Å². The summed E-state index contributed by atoms with van der Waals surface area (Å²) in [5, 5.41) is 15.2. The van der Waals surface area contributed by atoms with Crippen LogP contribution in [-0.4, -0.2) is 72.0 Å². The Labute approximate surface area is 244 Å². The third-order valence-corrected chi connectivity index (χ3v) is 11.0. The van der Waals surface area contributed by atoms with Gasteiger partial charge in [-0.15, -0.1) is 35.3 Å². The highest BCUT2D eigenvalue weighted by Crippen LogP contribution is 2.44. The van der Waals surface area contributed by atoms with E-state index >= 15 is 0 Å². The normalized spacial score (nSPS) is 18.9. The minimum atomic E-state index is -1.16. The molecule has 1 fully saturated rings. The minimum absolute atomic E-state index is 0.0198. The molecule has 1 saturated heterocycles. The van der Waals surface area contributed by atoms with Crippen LogP contribution >= 0.6 is 82.0 Å². The van der Waals surface area contributed by atoms with Crippen LogP contribution in [0.15, 0.2) is 49.9 Å². The monoisotopic (exact) mass is 634 g/mol. The lowest BCUT2D eigenvalue weighted by molar-refractivity contribution is -0.150. The molecule has 2 amide bonds. The Kier molecular flexibility index (Phi) is 9.92. The van der Waals surface area contributed by atoms with Crippen LogP contribution in [0.4, 0.5) is 0 Å². The van der Waals surface area contributed by atoms with Crippen LogP contribution in [0.25, 0.3) is 0 Å². The topological polar surface area (TPSA) is 112 Å². The van der Waals surface area contributed by atoms with E-state index in [1.807, 2.05) is 19.2 Å². The first-order valence-electron chi connectivity index (χ1n) is 10.6. The van der Waals surface area contributed by atoms with Crippen LogP contribution in [0.2, 0.25) is 10.0 Å². The van der Waals surface area contributed by atoms with Crippen molar-refractivity contribution in [2.75, 3.05) is 22.8 Å². The molecule has 0 bridgehead atoms. The summed E-state index contributed by atoms with van der Waals surface area (Å²) in [5.41, 5.74) is 0.843. The van der Waals surface area contributed by atoms with E-state index in [2.05, 4.69) is 15.3 Å². The number of hydrogen-bond donors (Lipinski definition) is 2. The Hall–Kier alpha value is -1.22. The molecule has 196 valence electrons. The number of benzene rings is 1. The van der Waals surface area contributed by atoms with E-state index in [4.69, 9.17) is 23.2 Å². The molecule has 2 aliphatic rings. The fourth-order valence-electron chi connectivity index (χ4n) is 3.49. The predicted octanol–water partition coefficient (Wildman–Crippen LogP) is 5.08. The molecule has 0 aliphatic carbocycles. The second-order valence-electron chi connectivity index (χ2n) is 7.64. The van der Waals surface area contributed by atoms with Crippen molar-refractivity contribution in [1.82, 2.24) is 20.2 Å². The second-order valence-corrected chi connectivity index (χ2v) is 13.8. The highest BCUT2D eigenvalue weighted by molar-refractivity contribution is 8.18. The Bertz CT molecular complexity index is 1280. The number of hydrogen-bond acceptors (Lipinski definition) is 10. The van der Waals surface area contributed by atoms with Gasteiger partial charge in [-0.1, -0.05) is 46.7 Å². The first kappa shape index (κ1) is 28.8. The number of nitrogens with one attached hydrogen (secondary N) is 1. The standard InChI is InChI=1S/C22H20Cl2N4O4S5/c1-10-5-16(27-22(25-10)33-2)37-9-36-14-7-35-20-17(19(30)28(20)18(14)21(31)32)26-15(29)8-34-13-6-11(23)3-4-12(13)24/h3-6,17,20H,7-9H2,1-2H3,(H,26,29)(H,31,32). The number of aromatic nitrogens is 2. The van der Waals surface area contributed by atoms with Gasteiger partial charge in [0.15, 0.2) is 5.16 Å². The molecule has 2 aromatic rings. The van der Waals surface area contributed by atoms with Crippen LogP contribution in [0.3, 0.4) is 0 Å². The third kappa shape index (κ3) is 6.87. The smallest absolute Gasteiger partial charge is 0.353 e. The molecule has 1 aromatic heterocycles. The second kappa shape index (κ2) is 12.8. The Morgan fingerprint density at radius 3 is 2.73 bits per heavy atom. The minimum Gasteiger partial charge on any atom is -0.477 e. The third-order valence-electron chi connectivity index (χ3n) is 5.14. The molecule has 8 nitrogen and oxygen atoms in total. The van der Waals surface area contributed by atoms with Crippen molar-refractivity contribution in [1.29, 1.82) is 0 Å². The number of aliphatic carboxylic acids is 1. The number of rotatable bonds is 10. The van der Waals surface area contributed by atoms with Crippen LogP contribution in [0, 0.1) is 6.92 Å². The molecule has 0 saturated carbocycles. The molecule has 37 heavy (non-hydrogen) atoms. The van der Waals surface area contributed by atoms with Crippen molar-refractivity contribution in [2.45, 2.75) is 33.4 Å². The molecule has 1 aromatic carbocycles. The molecule has 2 atom stereocenters. The molecule has 0 spiro atoms. The van der Waals surface area contributed by atoms with Gasteiger partial charge in [-0.25, -0.2) is 14.8 Å². The number of carbonyl (C=O) groups is 3. The fraction of sp³-hybridized carbons (Fsp3) is 0.318. The summed E-state index contributed by atoms with van der Waals surface area (Å²) in [6.45, 7) is 1.90. The zero-order valence-electron chi connectivity index (χ0n) is 19.4. The first-order valence-corrected chi connectivity index (χ1v) is 16.6. The molecule has 3 heterocycles. The summed E-state index contributed by atoms with van der Waals surface area (Å²) < 4.78 is 0. The maximum absolute atomic E-state index is 12.9. The van der Waals surface area contributed by atoms with Crippen molar-refractivity contribution in [3.8, 4) is 0 Å². The van der Waals surface area contributed by atoms with E-state index in [1.165, 1.54) is 63.7 Å².